The van der Waals surface area contributed by atoms with Crippen molar-refractivity contribution in [1.29, 1.82) is 0 Å². The number of nitrogens with one attached hydrogen (secondary N) is 2. The molecule has 0 aliphatic carbocycles. The van der Waals surface area contributed by atoms with Gasteiger partial charge in [-0.25, -0.2) is 14.8 Å². The lowest BCUT2D eigenvalue weighted by Crippen LogP contribution is -2.48. The minimum absolute atomic E-state index is 0.0775. The summed E-state index contributed by atoms with van der Waals surface area (Å²) in [7, 11) is 3.20. The molecule has 2 aromatic carbocycles. The fourth-order valence-electron chi connectivity index (χ4n) is 5.00. The van der Waals surface area contributed by atoms with E-state index in [9.17, 15) is 9.59 Å². The SMILES string of the molecule is CCc1c(N2CCCC(NC(=O)c3ccc(C(=O)O)cc3)C2)nc(Nc2ccc(OC)c(OC)c2)c2ncsc12. The molecule has 1 unspecified atom stereocenters. The van der Waals surface area contributed by atoms with Gasteiger partial charge in [-0.2, -0.15) is 0 Å². The van der Waals surface area contributed by atoms with Gasteiger partial charge in [0.15, 0.2) is 17.3 Å². The second-order valence-electron chi connectivity index (χ2n) is 9.48. The number of methoxy groups -OCH3 is 2. The van der Waals surface area contributed by atoms with Crippen LogP contribution in [0.3, 0.4) is 0 Å². The van der Waals surface area contributed by atoms with Gasteiger partial charge in [0.25, 0.3) is 5.91 Å². The van der Waals surface area contributed by atoms with Gasteiger partial charge in [-0.3, -0.25) is 4.79 Å². The molecule has 1 saturated heterocycles. The zero-order chi connectivity index (χ0) is 28.2. The molecule has 2 aromatic heterocycles. The highest BCUT2D eigenvalue weighted by molar-refractivity contribution is 7.17. The number of carbonyl (C=O) groups is 2. The second-order valence-corrected chi connectivity index (χ2v) is 10.3. The number of anilines is 3. The van der Waals surface area contributed by atoms with Crippen LogP contribution in [0.25, 0.3) is 10.2 Å². The number of amides is 1. The monoisotopic (exact) mass is 561 g/mol. The topological polar surface area (TPSA) is 126 Å². The lowest BCUT2D eigenvalue weighted by molar-refractivity contribution is 0.0696. The number of rotatable bonds is 9. The maximum Gasteiger partial charge on any atom is 0.335 e. The summed E-state index contributed by atoms with van der Waals surface area (Å²) in [5, 5.41) is 15.7. The maximum absolute atomic E-state index is 12.9. The first kappa shape index (κ1) is 27.2. The molecular weight excluding hydrogens is 530 g/mol. The number of fused-ring (bicyclic) bond motifs is 1. The van der Waals surface area contributed by atoms with E-state index in [2.05, 4.69) is 27.4 Å². The zero-order valence-electron chi connectivity index (χ0n) is 22.6. The molecule has 0 saturated carbocycles. The minimum atomic E-state index is -1.02. The van der Waals surface area contributed by atoms with E-state index >= 15 is 0 Å². The first-order valence-corrected chi connectivity index (χ1v) is 13.9. The Morgan fingerprint density at radius 1 is 1.10 bits per heavy atom. The number of ether oxygens (including phenoxy) is 2. The molecule has 1 aliphatic rings. The largest absolute Gasteiger partial charge is 0.493 e. The van der Waals surface area contributed by atoms with E-state index in [0.717, 1.165) is 53.1 Å². The number of aryl methyl sites for hydroxylation is 1. The summed E-state index contributed by atoms with van der Waals surface area (Å²) < 4.78 is 11.9. The summed E-state index contributed by atoms with van der Waals surface area (Å²) in [5.41, 5.74) is 5.16. The normalized spacial score (nSPS) is 15.1. The second kappa shape index (κ2) is 11.8. The molecule has 10 nitrogen and oxygen atoms in total. The Balaban J connectivity index is 1.40. The van der Waals surface area contributed by atoms with Crippen LogP contribution in [0.2, 0.25) is 0 Å². The van der Waals surface area contributed by atoms with Gasteiger partial charge in [0.05, 0.1) is 30.0 Å². The third-order valence-electron chi connectivity index (χ3n) is 7.00. The van der Waals surface area contributed by atoms with Crippen LogP contribution in [0, 0.1) is 0 Å². The minimum Gasteiger partial charge on any atom is -0.493 e. The molecule has 40 heavy (non-hydrogen) atoms. The Hall–Kier alpha value is -4.38. The number of aromatic nitrogens is 2. The molecule has 1 fully saturated rings. The fraction of sp³-hybridized carbons (Fsp3) is 0.310. The highest BCUT2D eigenvalue weighted by atomic mass is 32.1. The number of hydrogen-bond donors (Lipinski definition) is 3. The van der Waals surface area contributed by atoms with Gasteiger partial charge >= 0.3 is 5.97 Å². The van der Waals surface area contributed by atoms with E-state index in [1.807, 2.05) is 23.7 Å². The molecule has 5 rings (SSSR count). The van der Waals surface area contributed by atoms with Gasteiger partial charge < -0.3 is 30.1 Å². The molecule has 3 N–H and O–H groups in total. The first-order valence-electron chi connectivity index (χ1n) is 13.1. The van der Waals surface area contributed by atoms with Crippen LogP contribution in [0.15, 0.2) is 48.0 Å². The number of pyridine rings is 1. The summed E-state index contributed by atoms with van der Waals surface area (Å²) in [6, 6.07) is 11.5. The predicted octanol–water partition coefficient (Wildman–Crippen LogP) is 5.11. The quantitative estimate of drug-likeness (QED) is 0.255. The molecule has 208 valence electrons. The van der Waals surface area contributed by atoms with E-state index in [1.165, 1.54) is 12.1 Å². The number of carboxylic acids is 1. The van der Waals surface area contributed by atoms with Crippen LogP contribution in [0.1, 0.15) is 46.0 Å². The van der Waals surface area contributed by atoms with Gasteiger partial charge in [0, 0.05) is 42.0 Å². The molecule has 1 amide bonds. The van der Waals surface area contributed by atoms with Crippen molar-refractivity contribution in [1.82, 2.24) is 15.3 Å². The van der Waals surface area contributed by atoms with Crippen molar-refractivity contribution in [2.24, 2.45) is 0 Å². The molecular formula is C29H31N5O5S. The van der Waals surface area contributed by atoms with E-state index in [1.54, 1.807) is 37.7 Å². The van der Waals surface area contributed by atoms with Gasteiger partial charge in [0.2, 0.25) is 0 Å². The Bertz CT molecular complexity index is 1540. The molecule has 0 radical (unpaired) electrons. The van der Waals surface area contributed by atoms with Crippen LogP contribution >= 0.6 is 11.3 Å². The number of aromatic carboxylic acids is 1. The highest BCUT2D eigenvalue weighted by Crippen LogP contribution is 2.38. The molecule has 1 atom stereocenters. The predicted molar refractivity (Wildman–Crippen MR) is 156 cm³/mol. The van der Waals surface area contributed by atoms with Gasteiger partial charge in [0.1, 0.15) is 11.3 Å². The van der Waals surface area contributed by atoms with E-state index < -0.39 is 5.97 Å². The van der Waals surface area contributed by atoms with Crippen molar-refractivity contribution in [3.05, 3.63) is 64.7 Å². The number of carboxylic acid groups (broad SMARTS) is 1. The van der Waals surface area contributed by atoms with Crippen LogP contribution in [0.4, 0.5) is 17.3 Å². The summed E-state index contributed by atoms with van der Waals surface area (Å²) in [6.07, 6.45) is 2.53. The molecule has 0 bridgehead atoms. The van der Waals surface area contributed by atoms with Crippen molar-refractivity contribution >= 4 is 50.8 Å². The van der Waals surface area contributed by atoms with Gasteiger partial charge in [-0.15, -0.1) is 11.3 Å². The molecule has 4 aromatic rings. The molecule has 3 heterocycles. The van der Waals surface area contributed by atoms with Gasteiger partial charge in [-0.1, -0.05) is 6.92 Å². The van der Waals surface area contributed by atoms with Crippen molar-refractivity contribution in [2.75, 3.05) is 37.5 Å². The van der Waals surface area contributed by atoms with Crippen LogP contribution < -0.4 is 25.0 Å². The third-order valence-corrected chi connectivity index (χ3v) is 7.89. The number of benzene rings is 2. The maximum atomic E-state index is 12.9. The summed E-state index contributed by atoms with van der Waals surface area (Å²) in [5.74, 6) is 1.54. The van der Waals surface area contributed by atoms with Crippen molar-refractivity contribution in [3.8, 4) is 11.5 Å². The highest BCUT2D eigenvalue weighted by Gasteiger charge is 2.27. The standard InChI is InChI=1S/C29H31N5O5S/c1-4-21-25-24(30-16-40-25)26(31-19-11-12-22(38-2)23(14-19)39-3)33-27(21)34-13-5-6-20(15-34)32-28(35)17-7-9-18(10-8-17)29(36)37/h7-12,14,16,20H,4-6,13,15H2,1-3H3,(H,31,33)(H,32,35)(H,36,37). The molecule has 11 heteroatoms. The number of nitrogens with zero attached hydrogens (tertiary/aromatic N) is 3. The van der Waals surface area contributed by atoms with Crippen LogP contribution in [-0.2, 0) is 6.42 Å². The van der Waals surface area contributed by atoms with Crippen molar-refractivity contribution in [2.45, 2.75) is 32.2 Å². The Labute approximate surface area is 236 Å². The first-order chi connectivity index (χ1) is 19.4. The van der Waals surface area contributed by atoms with Crippen molar-refractivity contribution in [3.63, 3.8) is 0 Å². The van der Waals surface area contributed by atoms with E-state index in [0.29, 0.717) is 29.4 Å². The van der Waals surface area contributed by atoms with E-state index in [4.69, 9.17) is 19.6 Å². The third kappa shape index (κ3) is 5.50. The number of hydrogen-bond acceptors (Lipinski definition) is 9. The summed E-state index contributed by atoms with van der Waals surface area (Å²) in [6.45, 7) is 3.55. The smallest absolute Gasteiger partial charge is 0.335 e. The average molecular weight is 562 g/mol. The number of piperidine rings is 1. The van der Waals surface area contributed by atoms with Gasteiger partial charge in [-0.05, 0) is 55.7 Å². The number of carbonyl (C=O) groups excluding carboxylic acids is 1. The Morgan fingerprint density at radius 3 is 2.55 bits per heavy atom. The summed E-state index contributed by atoms with van der Waals surface area (Å²) >= 11 is 1.59. The average Bonchev–Trinajstić information content (AvgIpc) is 3.47. The number of thiazole rings is 1. The van der Waals surface area contributed by atoms with Crippen LogP contribution in [-0.4, -0.2) is 60.3 Å². The lowest BCUT2D eigenvalue weighted by atomic mass is 10.0. The molecule has 0 spiro atoms. The summed E-state index contributed by atoms with van der Waals surface area (Å²) in [4.78, 5) is 36.0. The molecule has 1 aliphatic heterocycles. The zero-order valence-corrected chi connectivity index (χ0v) is 23.4. The van der Waals surface area contributed by atoms with Crippen LogP contribution in [0.5, 0.6) is 11.5 Å². The fourth-order valence-corrected chi connectivity index (χ4v) is 5.90. The lowest BCUT2D eigenvalue weighted by Gasteiger charge is -2.35. The van der Waals surface area contributed by atoms with E-state index in [-0.39, 0.29) is 17.5 Å². The Kier molecular flexibility index (Phi) is 8.01. The van der Waals surface area contributed by atoms with Crippen molar-refractivity contribution < 1.29 is 24.2 Å². The Morgan fingerprint density at radius 2 is 1.85 bits per heavy atom.